The molecule has 3 N–H and O–H groups in total. The Balaban J connectivity index is 1.65. The van der Waals surface area contributed by atoms with Crippen molar-refractivity contribution in [3.05, 3.63) is 89.5 Å². The molecule has 0 aliphatic carbocycles. The molecule has 3 rings (SSSR count). The molecule has 3 aromatic carbocycles. The molecule has 0 unspecified atom stereocenters. The molecular formula is C24H22N4O4. The van der Waals surface area contributed by atoms with Crippen LogP contribution in [0.15, 0.2) is 77.9 Å². The number of methoxy groups -OCH3 is 1. The summed E-state index contributed by atoms with van der Waals surface area (Å²) in [5.41, 5.74) is 4.92. The van der Waals surface area contributed by atoms with Gasteiger partial charge in [0.25, 0.3) is 11.8 Å². The van der Waals surface area contributed by atoms with Crippen molar-refractivity contribution in [3.63, 3.8) is 0 Å². The largest absolute Gasteiger partial charge is 0.497 e. The summed E-state index contributed by atoms with van der Waals surface area (Å²) < 4.78 is 5.09. The molecule has 8 heteroatoms. The lowest BCUT2D eigenvalue weighted by atomic mass is 10.1. The topological polar surface area (TPSA) is 109 Å². The molecular weight excluding hydrogens is 408 g/mol. The van der Waals surface area contributed by atoms with E-state index in [1.807, 2.05) is 0 Å². The molecule has 0 aliphatic rings. The van der Waals surface area contributed by atoms with Crippen molar-refractivity contribution in [2.75, 3.05) is 17.7 Å². The molecule has 0 atom stereocenters. The van der Waals surface area contributed by atoms with Crippen LogP contribution in [-0.4, -0.2) is 31.0 Å². The van der Waals surface area contributed by atoms with E-state index in [0.717, 1.165) is 5.56 Å². The highest BCUT2D eigenvalue weighted by molar-refractivity contribution is 6.09. The highest BCUT2D eigenvalue weighted by Crippen LogP contribution is 2.18. The highest BCUT2D eigenvalue weighted by Gasteiger charge is 2.13. The summed E-state index contributed by atoms with van der Waals surface area (Å²) in [4.78, 5) is 36.2. The third-order valence-corrected chi connectivity index (χ3v) is 4.38. The van der Waals surface area contributed by atoms with Crippen LogP contribution in [0.1, 0.15) is 33.2 Å². The number of hydrogen-bond donors (Lipinski definition) is 3. The van der Waals surface area contributed by atoms with Gasteiger partial charge in [0.2, 0.25) is 5.91 Å². The first kappa shape index (κ1) is 22.2. The van der Waals surface area contributed by atoms with Gasteiger partial charge in [-0.05, 0) is 54.1 Å². The van der Waals surface area contributed by atoms with Gasteiger partial charge in [-0.1, -0.05) is 24.3 Å². The Morgan fingerprint density at radius 2 is 1.53 bits per heavy atom. The summed E-state index contributed by atoms with van der Waals surface area (Å²) in [6, 6.07) is 20.3. The van der Waals surface area contributed by atoms with E-state index in [9.17, 15) is 14.4 Å². The summed E-state index contributed by atoms with van der Waals surface area (Å²) in [5.74, 6) is -0.335. The van der Waals surface area contributed by atoms with E-state index >= 15 is 0 Å². The molecule has 8 nitrogen and oxygen atoms in total. The lowest BCUT2D eigenvalue weighted by Gasteiger charge is -2.10. The van der Waals surface area contributed by atoms with E-state index in [1.54, 1.807) is 79.9 Å². The lowest BCUT2D eigenvalue weighted by molar-refractivity contribution is -0.114. The molecule has 162 valence electrons. The van der Waals surface area contributed by atoms with Crippen LogP contribution in [0.3, 0.4) is 0 Å². The van der Waals surface area contributed by atoms with E-state index in [4.69, 9.17) is 4.74 Å². The zero-order valence-corrected chi connectivity index (χ0v) is 17.6. The summed E-state index contributed by atoms with van der Waals surface area (Å²) in [6.07, 6.45) is 1.48. The van der Waals surface area contributed by atoms with Crippen LogP contribution < -0.4 is 20.8 Å². The van der Waals surface area contributed by atoms with Gasteiger partial charge in [-0.3, -0.25) is 14.4 Å². The molecule has 0 spiro atoms. The minimum Gasteiger partial charge on any atom is -0.497 e. The maximum Gasteiger partial charge on any atom is 0.273 e. The second kappa shape index (κ2) is 10.5. The Hall–Kier alpha value is -4.46. The maximum absolute atomic E-state index is 12.6. The third kappa shape index (κ3) is 6.02. The van der Waals surface area contributed by atoms with Crippen molar-refractivity contribution in [1.29, 1.82) is 0 Å². The van der Waals surface area contributed by atoms with Crippen LogP contribution in [0.2, 0.25) is 0 Å². The van der Waals surface area contributed by atoms with Gasteiger partial charge in [-0.25, -0.2) is 5.43 Å². The summed E-state index contributed by atoms with van der Waals surface area (Å²) in [6.45, 7) is 1.43. The average molecular weight is 430 g/mol. The molecule has 0 saturated heterocycles. The summed E-state index contributed by atoms with van der Waals surface area (Å²) in [7, 11) is 1.55. The minimum absolute atomic E-state index is 0.156. The molecule has 0 radical (unpaired) electrons. The van der Waals surface area contributed by atoms with Gasteiger partial charge in [-0.15, -0.1) is 0 Å². The van der Waals surface area contributed by atoms with Crippen LogP contribution in [0.5, 0.6) is 5.75 Å². The molecule has 0 aromatic heterocycles. The van der Waals surface area contributed by atoms with Crippen LogP contribution in [-0.2, 0) is 4.79 Å². The number of hydrazone groups is 1. The molecule has 3 aromatic rings. The van der Waals surface area contributed by atoms with Crippen molar-refractivity contribution < 1.29 is 19.1 Å². The molecule has 3 amide bonds. The van der Waals surface area contributed by atoms with Crippen molar-refractivity contribution in [1.82, 2.24) is 5.43 Å². The molecule has 0 bridgehead atoms. The fourth-order valence-corrected chi connectivity index (χ4v) is 2.81. The van der Waals surface area contributed by atoms with E-state index in [1.165, 1.54) is 13.1 Å². The first-order chi connectivity index (χ1) is 15.5. The number of amides is 3. The van der Waals surface area contributed by atoms with Crippen LogP contribution >= 0.6 is 0 Å². The number of nitrogens with zero attached hydrogens (tertiary/aromatic N) is 1. The molecule has 32 heavy (non-hydrogen) atoms. The van der Waals surface area contributed by atoms with Crippen molar-refractivity contribution in [2.45, 2.75) is 6.92 Å². The standard InChI is InChI=1S/C24H22N4O4/c1-16(29)26-19-11-7-17(8-12-19)15-25-28-24(31)21-5-3-4-6-22(21)27-23(30)18-9-13-20(32-2)14-10-18/h3-15H,1-2H3,(H,26,29)(H,27,30)(H,28,31)/b25-15-. The van der Waals surface area contributed by atoms with E-state index in [0.29, 0.717) is 22.7 Å². The zero-order chi connectivity index (χ0) is 22.9. The molecule has 0 saturated carbocycles. The van der Waals surface area contributed by atoms with E-state index < -0.39 is 5.91 Å². The van der Waals surface area contributed by atoms with Gasteiger partial charge < -0.3 is 15.4 Å². The summed E-state index contributed by atoms with van der Waals surface area (Å²) >= 11 is 0. The first-order valence-corrected chi connectivity index (χ1v) is 9.72. The number of anilines is 2. The van der Waals surface area contributed by atoms with Crippen LogP contribution in [0.4, 0.5) is 11.4 Å². The van der Waals surface area contributed by atoms with Crippen molar-refractivity contribution in [3.8, 4) is 5.75 Å². The average Bonchev–Trinajstić information content (AvgIpc) is 2.80. The SMILES string of the molecule is COc1ccc(C(=O)Nc2ccccc2C(=O)N/N=C\c2ccc(NC(C)=O)cc2)cc1. The van der Waals surface area contributed by atoms with E-state index in [-0.39, 0.29) is 17.4 Å². The van der Waals surface area contributed by atoms with Gasteiger partial charge >= 0.3 is 0 Å². The Morgan fingerprint density at radius 1 is 0.844 bits per heavy atom. The fourth-order valence-electron chi connectivity index (χ4n) is 2.81. The predicted octanol–water partition coefficient (Wildman–Crippen LogP) is 3.67. The second-order valence-electron chi connectivity index (χ2n) is 6.73. The monoisotopic (exact) mass is 430 g/mol. The predicted molar refractivity (Wildman–Crippen MR) is 123 cm³/mol. The van der Waals surface area contributed by atoms with Gasteiger partial charge in [-0.2, -0.15) is 5.10 Å². The minimum atomic E-state index is -0.471. The quantitative estimate of drug-likeness (QED) is 0.392. The number of rotatable bonds is 7. The summed E-state index contributed by atoms with van der Waals surface area (Å²) in [5, 5.41) is 9.39. The number of benzene rings is 3. The first-order valence-electron chi connectivity index (χ1n) is 9.72. The molecule has 0 aliphatic heterocycles. The number of ether oxygens (including phenoxy) is 1. The Bertz CT molecular complexity index is 1140. The fraction of sp³-hybridized carbons (Fsp3) is 0.0833. The normalized spacial score (nSPS) is 10.4. The second-order valence-corrected chi connectivity index (χ2v) is 6.73. The number of carbonyl (C=O) groups excluding carboxylic acids is 3. The molecule has 0 heterocycles. The highest BCUT2D eigenvalue weighted by atomic mass is 16.5. The Kier molecular flexibility index (Phi) is 7.32. The van der Waals surface area contributed by atoms with Gasteiger partial charge in [0.15, 0.2) is 0 Å². The Morgan fingerprint density at radius 3 is 2.19 bits per heavy atom. The van der Waals surface area contributed by atoms with Gasteiger partial charge in [0, 0.05) is 18.2 Å². The lowest BCUT2D eigenvalue weighted by Crippen LogP contribution is -2.21. The Labute approximate surface area is 185 Å². The zero-order valence-electron chi connectivity index (χ0n) is 17.6. The third-order valence-electron chi connectivity index (χ3n) is 4.38. The smallest absolute Gasteiger partial charge is 0.273 e. The number of nitrogens with one attached hydrogen (secondary N) is 3. The number of para-hydroxylation sites is 1. The van der Waals surface area contributed by atoms with E-state index in [2.05, 4.69) is 21.2 Å². The maximum atomic E-state index is 12.6. The van der Waals surface area contributed by atoms with Crippen molar-refractivity contribution in [2.24, 2.45) is 5.10 Å². The van der Waals surface area contributed by atoms with Gasteiger partial charge in [0.1, 0.15) is 5.75 Å². The van der Waals surface area contributed by atoms with Crippen LogP contribution in [0, 0.1) is 0 Å². The number of carbonyl (C=O) groups is 3. The van der Waals surface area contributed by atoms with Crippen LogP contribution in [0.25, 0.3) is 0 Å². The van der Waals surface area contributed by atoms with Crippen molar-refractivity contribution >= 4 is 35.3 Å². The number of hydrogen-bond acceptors (Lipinski definition) is 5. The molecule has 0 fully saturated rings. The van der Waals surface area contributed by atoms with Gasteiger partial charge in [0.05, 0.1) is 24.6 Å².